The molecule has 1 saturated heterocycles. The van der Waals surface area contributed by atoms with Crippen LogP contribution in [0.2, 0.25) is 0 Å². The van der Waals surface area contributed by atoms with Gasteiger partial charge in [0.05, 0.1) is 0 Å². The topological polar surface area (TPSA) is 60.8 Å². The van der Waals surface area contributed by atoms with Gasteiger partial charge < -0.3 is 5.32 Å². The van der Waals surface area contributed by atoms with Crippen LogP contribution < -0.4 is 5.32 Å². The first-order valence-corrected chi connectivity index (χ1v) is 4.65. The molecule has 0 aromatic rings. The summed E-state index contributed by atoms with van der Waals surface area (Å²) in [5.74, 6) is 0.769. The number of hydrogen-bond donors (Lipinski definition) is 1. The zero-order valence-corrected chi connectivity index (χ0v) is 7.37. The number of nitrogens with one attached hydrogen (secondary N) is 1. The molecule has 68 valence electrons. The molecule has 1 fully saturated rings. The summed E-state index contributed by atoms with van der Waals surface area (Å²) in [6, 6.07) is 0. The molecular weight excluding hydrogens is 152 g/mol. The SMILES string of the molecule is [N-]=[N+]=NCCC1CCCNCC1. The number of hydrogen-bond acceptors (Lipinski definition) is 2. The van der Waals surface area contributed by atoms with Gasteiger partial charge in [-0.25, -0.2) is 0 Å². The zero-order valence-electron chi connectivity index (χ0n) is 7.37. The van der Waals surface area contributed by atoms with Crippen molar-refractivity contribution < 1.29 is 0 Å². The van der Waals surface area contributed by atoms with Crippen LogP contribution in [0.25, 0.3) is 10.4 Å². The van der Waals surface area contributed by atoms with Gasteiger partial charge in [-0.05, 0) is 50.2 Å². The van der Waals surface area contributed by atoms with E-state index in [1.54, 1.807) is 0 Å². The molecule has 0 aromatic heterocycles. The Morgan fingerprint density at radius 2 is 2.33 bits per heavy atom. The maximum Gasteiger partial charge on any atom is 0.0260 e. The molecule has 0 aromatic carbocycles. The summed E-state index contributed by atoms with van der Waals surface area (Å²) >= 11 is 0. The van der Waals surface area contributed by atoms with Gasteiger partial charge >= 0.3 is 0 Å². The predicted octanol–water partition coefficient (Wildman–Crippen LogP) is 2.08. The van der Waals surface area contributed by atoms with Gasteiger partial charge in [0.25, 0.3) is 0 Å². The van der Waals surface area contributed by atoms with E-state index in [9.17, 15) is 0 Å². The average Bonchev–Trinajstić information content (AvgIpc) is 2.33. The van der Waals surface area contributed by atoms with Gasteiger partial charge in [-0.3, -0.25) is 0 Å². The molecule has 0 spiro atoms. The van der Waals surface area contributed by atoms with E-state index in [-0.39, 0.29) is 0 Å². The molecule has 4 nitrogen and oxygen atoms in total. The van der Waals surface area contributed by atoms with E-state index in [0.717, 1.165) is 25.4 Å². The Bertz CT molecular complexity index is 154. The van der Waals surface area contributed by atoms with Crippen molar-refractivity contribution in [3.8, 4) is 0 Å². The molecular formula is C8H16N4. The fourth-order valence-electron chi connectivity index (χ4n) is 1.66. The number of nitrogens with zero attached hydrogens (tertiary/aromatic N) is 3. The lowest BCUT2D eigenvalue weighted by Crippen LogP contribution is -2.14. The standard InChI is InChI=1S/C8H16N4/c9-12-11-7-4-8-2-1-5-10-6-3-8/h8,10H,1-7H2. The van der Waals surface area contributed by atoms with E-state index in [2.05, 4.69) is 15.3 Å². The fourth-order valence-corrected chi connectivity index (χ4v) is 1.66. The van der Waals surface area contributed by atoms with Crippen molar-refractivity contribution in [2.45, 2.75) is 25.7 Å². The molecule has 4 heteroatoms. The largest absolute Gasteiger partial charge is 0.317 e. The number of rotatable bonds is 3. The highest BCUT2D eigenvalue weighted by atomic mass is 15.1. The molecule has 1 heterocycles. The van der Waals surface area contributed by atoms with Crippen LogP contribution in [0.15, 0.2) is 5.11 Å². The van der Waals surface area contributed by atoms with Gasteiger partial charge in [-0.15, -0.1) is 0 Å². The van der Waals surface area contributed by atoms with Crippen molar-refractivity contribution in [1.29, 1.82) is 0 Å². The Hall–Kier alpha value is -0.730. The Kier molecular flexibility index (Phi) is 4.57. The van der Waals surface area contributed by atoms with Gasteiger partial charge in [0.15, 0.2) is 0 Å². The zero-order chi connectivity index (χ0) is 8.65. The van der Waals surface area contributed by atoms with Gasteiger partial charge in [0.1, 0.15) is 0 Å². The maximum absolute atomic E-state index is 8.10. The first-order valence-electron chi connectivity index (χ1n) is 4.65. The lowest BCUT2D eigenvalue weighted by molar-refractivity contribution is 0.444. The second kappa shape index (κ2) is 5.86. The van der Waals surface area contributed by atoms with Crippen LogP contribution in [-0.2, 0) is 0 Å². The highest BCUT2D eigenvalue weighted by Crippen LogP contribution is 2.17. The second-order valence-electron chi connectivity index (χ2n) is 3.29. The Labute approximate surface area is 73.0 Å². The Morgan fingerprint density at radius 1 is 1.42 bits per heavy atom. The number of azide groups is 1. The van der Waals surface area contributed by atoms with E-state index in [1.807, 2.05) is 0 Å². The van der Waals surface area contributed by atoms with E-state index < -0.39 is 0 Å². The average molecular weight is 168 g/mol. The minimum atomic E-state index is 0.668. The molecule has 1 aliphatic heterocycles. The summed E-state index contributed by atoms with van der Waals surface area (Å²) in [6.07, 6.45) is 4.85. The molecule has 0 amide bonds. The molecule has 1 N–H and O–H groups in total. The van der Waals surface area contributed by atoms with Crippen LogP contribution in [0, 0.1) is 5.92 Å². The molecule has 0 radical (unpaired) electrons. The van der Waals surface area contributed by atoms with E-state index in [1.165, 1.54) is 19.3 Å². The van der Waals surface area contributed by atoms with Crippen molar-refractivity contribution >= 4 is 0 Å². The molecule has 1 aliphatic rings. The molecule has 0 aliphatic carbocycles. The highest BCUT2D eigenvalue weighted by molar-refractivity contribution is 4.67. The minimum absolute atomic E-state index is 0.668. The van der Waals surface area contributed by atoms with Crippen LogP contribution >= 0.6 is 0 Å². The van der Waals surface area contributed by atoms with Crippen LogP contribution in [0.1, 0.15) is 25.7 Å². The van der Waals surface area contributed by atoms with E-state index in [0.29, 0.717) is 6.54 Å². The summed E-state index contributed by atoms with van der Waals surface area (Å²) < 4.78 is 0. The van der Waals surface area contributed by atoms with Crippen molar-refractivity contribution in [3.05, 3.63) is 10.4 Å². The molecule has 1 unspecified atom stereocenters. The molecule has 1 rings (SSSR count). The molecule has 0 saturated carbocycles. The van der Waals surface area contributed by atoms with Gasteiger partial charge in [-0.2, -0.15) is 0 Å². The van der Waals surface area contributed by atoms with Crippen LogP contribution in [-0.4, -0.2) is 19.6 Å². The van der Waals surface area contributed by atoms with E-state index >= 15 is 0 Å². The smallest absolute Gasteiger partial charge is 0.0260 e. The normalized spacial score (nSPS) is 24.2. The molecule has 0 bridgehead atoms. The maximum atomic E-state index is 8.10. The van der Waals surface area contributed by atoms with Crippen molar-refractivity contribution in [2.24, 2.45) is 11.0 Å². The first-order chi connectivity index (χ1) is 5.93. The van der Waals surface area contributed by atoms with Crippen LogP contribution in [0.4, 0.5) is 0 Å². The summed E-state index contributed by atoms with van der Waals surface area (Å²) in [5.41, 5.74) is 8.10. The lowest BCUT2D eigenvalue weighted by Gasteiger charge is -2.10. The minimum Gasteiger partial charge on any atom is -0.317 e. The van der Waals surface area contributed by atoms with Crippen LogP contribution in [0.3, 0.4) is 0 Å². The summed E-state index contributed by atoms with van der Waals surface area (Å²) in [7, 11) is 0. The van der Waals surface area contributed by atoms with Gasteiger partial charge in [0, 0.05) is 11.5 Å². The predicted molar refractivity (Wildman–Crippen MR) is 48.8 cm³/mol. The van der Waals surface area contributed by atoms with E-state index in [4.69, 9.17) is 5.53 Å². The highest BCUT2D eigenvalue weighted by Gasteiger charge is 2.10. The van der Waals surface area contributed by atoms with Crippen molar-refractivity contribution in [3.63, 3.8) is 0 Å². The third kappa shape index (κ3) is 3.60. The van der Waals surface area contributed by atoms with Gasteiger partial charge in [-0.1, -0.05) is 5.11 Å². The summed E-state index contributed by atoms with van der Waals surface area (Å²) in [4.78, 5) is 2.75. The monoisotopic (exact) mass is 168 g/mol. The summed E-state index contributed by atoms with van der Waals surface area (Å²) in [6.45, 7) is 2.94. The second-order valence-corrected chi connectivity index (χ2v) is 3.29. The first kappa shape index (κ1) is 9.36. The molecule has 12 heavy (non-hydrogen) atoms. The summed E-state index contributed by atoms with van der Waals surface area (Å²) in [5, 5.41) is 6.92. The van der Waals surface area contributed by atoms with Gasteiger partial charge in [0.2, 0.25) is 0 Å². The van der Waals surface area contributed by atoms with Crippen molar-refractivity contribution in [1.82, 2.24) is 5.32 Å². The lowest BCUT2D eigenvalue weighted by atomic mass is 9.97. The fraction of sp³-hybridized carbons (Fsp3) is 1.00. The third-order valence-corrected chi connectivity index (χ3v) is 2.40. The third-order valence-electron chi connectivity index (χ3n) is 2.40. The van der Waals surface area contributed by atoms with Crippen LogP contribution in [0.5, 0.6) is 0 Å². The van der Waals surface area contributed by atoms with Crippen molar-refractivity contribution in [2.75, 3.05) is 19.6 Å². The Morgan fingerprint density at radius 3 is 3.17 bits per heavy atom. The Balaban J connectivity index is 2.15. The quantitative estimate of drug-likeness (QED) is 0.391. The molecule has 1 atom stereocenters.